The van der Waals surface area contributed by atoms with Gasteiger partial charge in [-0.1, -0.05) is 25.0 Å². The number of para-hydroxylation sites is 1. The highest BCUT2D eigenvalue weighted by Gasteiger charge is 2.11. The van der Waals surface area contributed by atoms with Gasteiger partial charge < -0.3 is 20.5 Å². The number of hydrogen-bond acceptors (Lipinski definition) is 3. The van der Waals surface area contributed by atoms with Gasteiger partial charge in [-0.15, -0.1) is 0 Å². The van der Waals surface area contributed by atoms with E-state index in [0.717, 1.165) is 18.7 Å². The highest BCUT2D eigenvalue weighted by Crippen LogP contribution is 2.29. The molecule has 0 unspecified atom stereocenters. The molecule has 1 saturated heterocycles. The summed E-state index contributed by atoms with van der Waals surface area (Å²) in [5.41, 5.74) is 6.90. The van der Waals surface area contributed by atoms with E-state index in [1.54, 1.807) is 13.2 Å². The number of phenolic OH excluding ortho intramolecular Hbond substituents is 1. The Morgan fingerprint density at radius 1 is 1.29 bits per heavy atom. The Kier molecular flexibility index (Phi) is 5.72. The van der Waals surface area contributed by atoms with Crippen LogP contribution < -0.4 is 10.5 Å². The van der Waals surface area contributed by atoms with Gasteiger partial charge in [-0.2, -0.15) is 0 Å². The fourth-order valence-corrected chi connectivity index (χ4v) is 2.62. The van der Waals surface area contributed by atoms with Gasteiger partial charge in [0.05, 0.1) is 7.11 Å². The van der Waals surface area contributed by atoms with E-state index in [2.05, 4.69) is 9.89 Å². The van der Waals surface area contributed by atoms with Gasteiger partial charge in [0.15, 0.2) is 17.5 Å². The summed E-state index contributed by atoms with van der Waals surface area (Å²) in [5.74, 6) is 1.32. The van der Waals surface area contributed by atoms with E-state index in [1.807, 2.05) is 12.1 Å². The van der Waals surface area contributed by atoms with Crippen LogP contribution in [0.1, 0.15) is 31.2 Å². The number of likely N-dealkylation sites (tertiary alicyclic amines) is 1. The molecule has 1 aromatic carbocycles. The molecule has 0 aliphatic carbocycles. The molecule has 5 nitrogen and oxygen atoms in total. The Morgan fingerprint density at radius 3 is 2.67 bits per heavy atom. The van der Waals surface area contributed by atoms with Crippen molar-refractivity contribution >= 4 is 5.96 Å². The fourth-order valence-electron chi connectivity index (χ4n) is 2.62. The van der Waals surface area contributed by atoms with Gasteiger partial charge in [-0.05, 0) is 30.9 Å². The first-order valence-electron chi connectivity index (χ1n) is 7.62. The van der Waals surface area contributed by atoms with Crippen molar-refractivity contribution in [3.8, 4) is 11.5 Å². The molecule has 0 atom stereocenters. The van der Waals surface area contributed by atoms with Crippen molar-refractivity contribution in [1.82, 2.24) is 4.90 Å². The van der Waals surface area contributed by atoms with E-state index in [9.17, 15) is 5.11 Å². The normalized spacial score (nSPS) is 16.6. The first-order chi connectivity index (χ1) is 10.2. The van der Waals surface area contributed by atoms with E-state index in [0.29, 0.717) is 24.7 Å². The van der Waals surface area contributed by atoms with Gasteiger partial charge in [-0.25, -0.2) is 0 Å². The Morgan fingerprint density at radius 2 is 2.00 bits per heavy atom. The molecule has 3 N–H and O–H groups in total. The highest BCUT2D eigenvalue weighted by molar-refractivity contribution is 5.78. The molecule has 0 aromatic heterocycles. The third-order valence-corrected chi connectivity index (χ3v) is 3.89. The Hall–Kier alpha value is -1.91. The minimum Gasteiger partial charge on any atom is -0.504 e. The molecule has 1 aromatic rings. The molecule has 0 radical (unpaired) electrons. The summed E-state index contributed by atoms with van der Waals surface area (Å²) in [6.07, 6.45) is 5.58. The van der Waals surface area contributed by atoms with Crippen LogP contribution in [0.25, 0.3) is 0 Å². The molecule has 0 amide bonds. The second kappa shape index (κ2) is 7.76. The quantitative estimate of drug-likeness (QED) is 0.658. The minimum absolute atomic E-state index is 0.198. The van der Waals surface area contributed by atoms with Crippen molar-refractivity contribution in [3.05, 3.63) is 23.8 Å². The van der Waals surface area contributed by atoms with E-state index in [4.69, 9.17) is 10.5 Å². The molecule has 0 bridgehead atoms. The molecule has 5 heteroatoms. The van der Waals surface area contributed by atoms with Crippen molar-refractivity contribution in [2.24, 2.45) is 10.7 Å². The van der Waals surface area contributed by atoms with Crippen LogP contribution in [-0.4, -0.2) is 42.7 Å². The van der Waals surface area contributed by atoms with Crippen LogP contribution in [0.4, 0.5) is 0 Å². The lowest BCUT2D eigenvalue weighted by Gasteiger charge is -2.21. The molecule has 0 spiro atoms. The molecule has 21 heavy (non-hydrogen) atoms. The molecule has 2 rings (SSSR count). The number of aliphatic imine (C=N–C) groups is 1. The number of benzene rings is 1. The monoisotopic (exact) mass is 291 g/mol. The van der Waals surface area contributed by atoms with Crippen molar-refractivity contribution in [3.63, 3.8) is 0 Å². The summed E-state index contributed by atoms with van der Waals surface area (Å²) in [7, 11) is 1.55. The van der Waals surface area contributed by atoms with Crippen LogP contribution in [0.5, 0.6) is 11.5 Å². The number of ether oxygens (including phenoxy) is 1. The van der Waals surface area contributed by atoms with Crippen LogP contribution in [0.2, 0.25) is 0 Å². The van der Waals surface area contributed by atoms with Crippen LogP contribution in [0.15, 0.2) is 23.2 Å². The van der Waals surface area contributed by atoms with Crippen molar-refractivity contribution in [2.45, 2.75) is 32.1 Å². The van der Waals surface area contributed by atoms with Crippen molar-refractivity contribution in [2.75, 3.05) is 26.7 Å². The SMILES string of the molecule is COc1cccc(CCN=C(N)N2CCCCCC2)c1O. The number of nitrogens with zero attached hydrogens (tertiary/aromatic N) is 2. The molecule has 1 fully saturated rings. The van der Waals surface area contributed by atoms with E-state index >= 15 is 0 Å². The lowest BCUT2D eigenvalue weighted by Crippen LogP contribution is -2.38. The summed E-state index contributed by atoms with van der Waals surface area (Å²) < 4.78 is 5.10. The van der Waals surface area contributed by atoms with Crippen LogP contribution in [0.3, 0.4) is 0 Å². The third-order valence-electron chi connectivity index (χ3n) is 3.89. The van der Waals surface area contributed by atoms with Crippen molar-refractivity contribution < 1.29 is 9.84 Å². The summed E-state index contributed by atoms with van der Waals surface area (Å²) in [6.45, 7) is 2.57. The number of guanidine groups is 1. The largest absolute Gasteiger partial charge is 0.504 e. The molecule has 1 aliphatic rings. The van der Waals surface area contributed by atoms with Gasteiger partial charge in [0.25, 0.3) is 0 Å². The standard InChI is InChI=1S/C16H25N3O2/c1-21-14-8-6-7-13(15(14)20)9-10-18-16(17)19-11-4-2-3-5-12-19/h6-8,20H,2-5,9-12H2,1H3,(H2,17,18). The van der Waals surface area contributed by atoms with Gasteiger partial charge in [-0.3, -0.25) is 4.99 Å². The zero-order chi connectivity index (χ0) is 15.1. The summed E-state index contributed by atoms with van der Waals surface area (Å²) in [5, 5.41) is 10.0. The van der Waals surface area contributed by atoms with Gasteiger partial charge >= 0.3 is 0 Å². The number of hydrogen-bond donors (Lipinski definition) is 2. The smallest absolute Gasteiger partial charge is 0.191 e. The average molecular weight is 291 g/mol. The van der Waals surface area contributed by atoms with Crippen molar-refractivity contribution in [1.29, 1.82) is 0 Å². The highest BCUT2D eigenvalue weighted by atomic mass is 16.5. The molecule has 1 heterocycles. The molecule has 0 saturated carbocycles. The van der Waals surface area contributed by atoms with Crippen LogP contribution in [0, 0.1) is 0 Å². The molecular weight excluding hydrogens is 266 g/mol. The maximum Gasteiger partial charge on any atom is 0.191 e. The van der Waals surface area contributed by atoms with E-state index in [1.165, 1.54) is 25.7 Å². The number of aromatic hydroxyl groups is 1. The second-order valence-corrected chi connectivity index (χ2v) is 5.36. The van der Waals surface area contributed by atoms with Gasteiger partial charge in [0, 0.05) is 19.6 Å². The summed E-state index contributed by atoms with van der Waals surface area (Å²) >= 11 is 0. The predicted octanol–water partition coefficient (Wildman–Crippen LogP) is 2.13. The summed E-state index contributed by atoms with van der Waals surface area (Å²) in [6, 6.07) is 5.50. The Bertz CT molecular complexity index is 480. The van der Waals surface area contributed by atoms with Crippen LogP contribution in [-0.2, 0) is 6.42 Å². The van der Waals surface area contributed by atoms with E-state index in [-0.39, 0.29) is 5.75 Å². The number of rotatable bonds is 4. The summed E-state index contributed by atoms with van der Waals surface area (Å²) in [4.78, 5) is 6.61. The lowest BCUT2D eigenvalue weighted by atomic mass is 10.1. The minimum atomic E-state index is 0.198. The average Bonchev–Trinajstić information content (AvgIpc) is 2.78. The second-order valence-electron chi connectivity index (χ2n) is 5.36. The maximum absolute atomic E-state index is 10.0. The van der Waals surface area contributed by atoms with Crippen LogP contribution >= 0.6 is 0 Å². The lowest BCUT2D eigenvalue weighted by molar-refractivity contribution is 0.370. The number of nitrogens with two attached hydrogens (primary N) is 1. The first-order valence-corrected chi connectivity index (χ1v) is 7.62. The zero-order valence-electron chi connectivity index (χ0n) is 12.7. The number of phenols is 1. The first kappa shape index (κ1) is 15.5. The third kappa shape index (κ3) is 4.28. The maximum atomic E-state index is 10.0. The van der Waals surface area contributed by atoms with E-state index < -0.39 is 0 Å². The predicted molar refractivity (Wildman–Crippen MR) is 84.9 cm³/mol. The number of methoxy groups -OCH3 is 1. The molecule has 1 aliphatic heterocycles. The van der Waals surface area contributed by atoms with Gasteiger partial charge in [0.1, 0.15) is 0 Å². The molecule has 116 valence electrons. The Labute approximate surface area is 126 Å². The molecular formula is C16H25N3O2. The topological polar surface area (TPSA) is 71.1 Å². The van der Waals surface area contributed by atoms with Gasteiger partial charge in [0.2, 0.25) is 0 Å². The fraction of sp³-hybridized carbons (Fsp3) is 0.562. The zero-order valence-corrected chi connectivity index (χ0v) is 12.7. The Balaban J connectivity index is 1.92.